The molecule has 1 aromatic carbocycles. The highest BCUT2D eigenvalue weighted by Crippen LogP contribution is 2.53. The van der Waals surface area contributed by atoms with Crippen LogP contribution in [0, 0.1) is 11.3 Å². The van der Waals surface area contributed by atoms with Crippen LogP contribution in [0.3, 0.4) is 0 Å². The Balaban J connectivity index is 1.75. The Bertz CT molecular complexity index is 917. The third kappa shape index (κ3) is 3.27. The predicted molar refractivity (Wildman–Crippen MR) is 110 cm³/mol. The summed E-state index contributed by atoms with van der Waals surface area (Å²) in [6.07, 6.45) is 8.62. The van der Waals surface area contributed by atoms with Gasteiger partial charge in [-0.15, -0.1) is 0 Å². The minimum Gasteiger partial charge on any atom is -0.497 e. The fraction of sp³-hybridized carbons (Fsp3) is 0.391. The van der Waals surface area contributed by atoms with Crippen LogP contribution < -0.4 is 15.4 Å². The fourth-order valence-electron chi connectivity index (χ4n) is 4.72. The summed E-state index contributed by atoms with van der Waals surface area (Å²) in [5.74, 6) is 0.102. The van der Waals surface area contributed by atoms with Crippen LogP contribution in [0.5, 0.6) is 5.75 Å². The topological polar surface area (TPSA) is 76.7 Å². The molecule has 1 fully saturated rings. The molecular formula is C23H26N2O4. The lowest BCUT2D eigenvalue weighted by Crippen LogP contribution is -2.45. The smallest absolute Gasteiger partial charge is 0.323 e. The molecule has 0 bridgehead atoms. The van der Waals surface area contributed by atoms with Crippen LogP contribution in [0.2, 0.25) is 0 Å². The van der Waals surface area contributed by atoms with E-state index in [4.69, 9.17) is 9.47 Å². The first-order chi connectivity index (χ1) is 14.1. The largest absolute Gasteiger partial charge is 0.497 e. The summed E-state index contributed by atoms with van der Waals surface area (Å²) in [5.41, 5.74) is 2.10. The predicted octanol–water partition coefficient (Wildman–Crippen LogP) is 2.39. The van der Waals surface area contributed by atoms with Crippen molar-refractivity contribution in [2.45, 2.75) is 19.4 Å². The molecular weight excluding hydrogens is 368 g/mol. The number of allylic oxidation sites excluding steroid dienone is 4. The minimum atomic E-state index is -0.574. The van der Waals surface area contributed by atoms with Crippen LogP contribution in [0.1, 0.15) is 23.7 Å². The van der Waals surface area contributed by atoms with E-state index in [1.165, 1.54) is 0 Å². The Hall–Kier alpha value is -2.86. The Kier molecular flexibility index (Phi) is 5.28. The summed E-state index contributed by atoms with van der Waals surface area (Å²) in [7, 11) is 1.59. The lowest BCUT2D eigenvalue weighted by atomic mass is 9.63. The van der Waals surface area contributed by atoms with Gasteiger partial charge < -0.3 is 20.1 Å². The van der Waals surface area contributed by atoms with Crippen LogP contribution >= 0.6 is 0 Å². The van der Waals surface area contributed by atoms with E-state index < -0.39 is 11.5 Å². The molecule has 2 aliphatic heterocycles. The molecule has 0 aromatic heterocycles. The van der Waals surface area contributed by atoms with Crippen LogP contribution in [0.4, 0.5) is 0 Å². The molecule has 0 saturated carbocycles. The Labute approximate surface area is 170 Å². The van der Waals surface area contributed by atoms with Crippen molar-refractivity contribution in [1.82, 2.24) is 10.6 Å². The molecule has 3 atom stereocenters. The average molecular weight is 394 g/mol. The molecule has 29 heavy (non-hydrogen) atoms. The summed E-state index contributed by atoms with van der Waals surface area (Å²) < 4.78 is 10.6. The van der Waals surface area contributed by atoms with Gasteiger partial charge in [-0.05, 0) is 37.1 Å². The number of Topliss-reactive ketones (excluding diaryl/α,β-unsaturated/α-hetero) is 1. The maximum atomic E-state index is 13.6. The quantitative estimate of drug-likeness (QED) is 0.590. The summed E-state index contributed by atoms with van der Waals surface area (Å²) >= 11 is 0. The van der Waals surface area contributed by atoms with E-state index in [0.717, 1.165) is 11.3 Å². The SMILES string of the molecule is CCOC(=O)C1CC23C(=CCN1)C=CC=C2NCC3C(=O)c1cccc(OC)c1. The van der Waals surface area contributed by atoms with Gasteiger partial charge in [0.15, 0.2) is 5.78 Å². The first-order valence-electron chi connectivity index (χ1n) is 10.0. The minimum absolute atomic E-state index is 0.0468. The van der Waals surface area contributed by atoms with E-state index >= 15 is 0 Å². The second-order valence-corrected chi connectivity index (χ2v) is 7.52. The summed E-state index contributed by atoms with van der Waals surface area (Å²) in [6.45, 7) is 3.21. The van der Waals surface area contributed by atoms with Gasteiger partial charge in [-0.2, -0.15) is 0 Å². The Morgan fingerprint density at radius 1 is 1.31 bits per heavy atom. The van der Waals surface area contributed by atoms with Gasteiger partial charge in [-0.3, -0.25) is 9.59 Å². The highest BCUT2D eigenvalue weighted by atomic mass is 16.5. The standard InChI is InChI=1S/C23H26N2O4/c1-3-29-22(27)19-13-23-16(10-11-24-19)7-5-9-20(23)25-14-18(23)21(26)15-6-4-8-17(12-15)28-2/h4-10,12,18-19,24-25H,3,11,13-14H2,1-2H3. The number of nitrogens with one attached hydrogen (secondary N) is 2. The monoisotopic (exact) mass is 394 g/mol. The van der Waals surface area contributed by atoms with E-state index in [1.54, 1.807) is 20.1 Å². The van der Waals surface area contributed by atoms with Crippen molar-refractivity contribution in [3.63, 3.8) is 0 Å². The summed E-state index contributed by atoms with van der Waals surface area (Å²) in [4.78, 5) is 26.2. The van der Waals surface area contributed by atoms with Gasteiger partial charge in [0, 0.05) is 29.8 Å². The van der Waals surface area contributed by atoms with E-state index in [-0.39, 0.29) is 17.7 Å². The van der Waals surface area contributed by atoms with E-state index in [2.05, 4.69) is 22.8 Å². The highest BCUT2D eigenvalue weighted by molar-refractivity contribution is 6.00. The van der Waals surface area contributed by atoms with Crippen LogP contribution in [0.25, 0.3) is 0 Å². The number of esters is 1. The molecule has 1 spiro atoms. The molecule has 1 aromatic rings. The summed E-state index contributed by atoms with van der Waals surface area (Å²) in [6, 6.07) is 6.79. The van der Waals surface area contributed by atoms with Crippen LogP contribution in [0.15, 0.2) is 59.8 Å². The van der Waals surface area contributed by atoms with Crippen molar-refractivity contribution in [3.05, 3.63) is 65.4 Å². The molecule has 6 nitrogen and oxygen atoms in total. The molecule has 0 amide bonds. The van der Waals surface area contributed by atoms with E-state index in [0.29, 0.717) is 37.4 Å². The number of hydrogen-bond donors (Lipinski definition) is 2. The maximum Gasteiger partial charge on any atom is 0.323 e. The van der Waals surface area contributed by atoms with Gasteiger partial charge in [-0.25, -0.2) is 0 Å². The number of methoxy groups -OCH3 is 1. The first kappa shape index (κ1) is 19.5. The van der Waals surface area contributed by atoms with Gasteiger partial charge in [0.25, 0.3) is 0 Å². The van der Waals surface area contributed by atoms with Gasteiger partial charge in [-0.1, -0.05) is 30.4 Å². The molecule has 1 saturated heterocycles. The second kappa shape index (κ2) is 7.87. The van der Waals surface area contributed by atoms with Crippen LogP contribution in [-0.2, 0) is 9.53 Å². The lowest BCUT2D eigenvalue weighted by Gasteiger charge is -2.38. The van der Waals surface area contributed by atoms with Gasteiger partial charge >= 0.3 is 5.97 Å². The molecule has 3 aliphatic rings. The molecule has 6 heteroatoms. The van der Waals surface area contributed by atoms with E-state index in [9.17, 15) is 9.59 Å². The van der Waals surface area contributed by atoms with Crippen molar-refractivity contribution in [3.8, 4) is 5.75 Å². The molecule has 3 unspecified atom stereocenters. The average Bonchev–Trinajstić information content (AvgIpc) is 3.00. The fourth-order valence-corrected chi connectivity index (χ4v) is 4.72. The Morgan fingerprint density at radius 3 is 2.97 bits per heavy atom. The number of benzene rings is 1. The number of ketones is 1. The van der Waals surface area contributed by atoms with Gasteiger partial charge in [0.2, 0.25) is 0 Å². The number of ether oxygens (including phenoxy) is 2. The normalized spacial score (nSPS) is 27.5. The van der Waals surface area contributed by atoms with E-state index in [1.807, 2.05) is 30.4 Å². The van der Waals surface area contributed by atoms with Crippen molar-refractivity contribution in [2.24, 2.45) is 11.3 Å². The third-order valence-corrected chi connectivity index (χ3v) is 6.08. The number of hydrogen-bond acceptors (Lipinski definition) is 6. The molecule has 152 valence electrons. The number of rotatable bonds is 5. The number of carbonyl (C=O) groups is 2. The van der Waals surface area contributed by atoms with Crippen LogP contribution in [-0.4, -0.2) is 44.6 Å². The zero-order valence-electron chi connectivity index (χ0n) is 16.7. The highest BCUT2D eigenvalue weighted by Gasteiger charge is 2.55. The first-order valence-corrected chi connectivity index (χ1v) is 10.0. The third-order valence-electron chi connectivity index (χ3n) is 6.08. The lowest BCUT2D eigenvalue weighted by molar-refractivity contribution is -0.146. The molecule has 4 rings (SSSR count). The zero-order chi connectivity index (χ0) is 20.4. The second-order valence-electron chi connectivity index (χ2n) is 7.52. The molecule has 0 radical (unpaired) electrons. The number of carbonyl (C=O) groups excluding carboxylic acids is 2. The van der Waals surface area contributed by atoms with Crippen molar-refractivity contribution < 1.29 is 19.1 Å². The Morgan fingerprint density at radius 2 is 2.17 bits per heavy atom. The van der Waals surface area contributed by atoms with Crippen molar-refractivity contribution in [2.75, 3.05) is 26.8 Å². The maximum absolute atomic E-state index is 13.6. The summed E-state index contributed by atoms with van der Waals surface area (Å²) in [5, 5.41) is 6.71. The van der Waals surface area contributed by atoms with Crippen molar-refractivity contribution in [1.29, 1.82) is 0 Å². The molecule has 1 aliphatic carbocycles. The van der Waals surface area contributed by atoms with Crippen molar-refractivity contribution >= 4 is 11.8 Å². The van der Waals surface area contributed by atoms with Gasteiger partial charge in [0.1, 0.15) is 11.8 Å². The molecule has 2 N–H and O–H groups in total. The molecule has 2 heterocycles. The van der Waals surface area contributed by atoms with Gasteiger partial charge in [0.05, 0.1) is 19.6 Å². The zero-order valence-corrected chi connectivity index (χ0v) is 16.7.